The summed E-state index contributed by atoms with van der Waals surface area (Å²) in [5.74, 6) is -1.27. The molecule has 0 aliphatic rings. The predicted octanol–water partition coefficient (Wildman–Crippen LogP) is 6.62. The van der Waals surface area contributed by atoms with Crippen molar-refractivity contribution in [3.05, 3.63) is 94.7 Å². The minimum atomic E-state index is -0.678. The van der Waals surface area contributed by atoms with Gasteiger partial charge in [0.05, 0.1) is 5.52 Å². The monoisotopic (exact) mass is 431 g/mol. The molecule has 3 aromatic carbocycles. The summed E-state index contributed by atoms with van der Waals surface area (Å²) in [4.78, 5) is 25.2. The number of hydrogen-bond acceptors (Lipinski definition) is 3. The molecule has 1 heterocycles. The molecule has 0 amide bonds. The second-order valence-corrected chi connectivity index (χ2v) is 8.01. The van der Waals surface area contributed by atoms with Crippen molar-refractivity contribution in [2.24, 2.45) is 0 Å². The normalized spacial score (nSPS) is 11.2. The van der Waals surface area contributed by atoms with Crippen LogP contribution in [0.3, 0.4) is 0 Å². The first kappa shape index (κ1) is 21.8. The van der Waals surface area contributed by atoms with Crippen LogP contribution in [0.4, 0.5) is 4.39 Å². The van der Waals surface area contributed by atoms with Gasteiger partial charge in [-0.25, -0.2) is 13.8 Å². The van der Waals surface area contributed by atoms with Gasteiger partial charge in [0.25, 0.3) is 0 Å². The number of rotatable bonds is 9. The Morgan fingerprint density at radius 3 is 2.31 bits per heavy atom. The number of benzene rings is 3. The third kappa shape index (κ3) is 5.05. The Hall–Kier alpha value is -3.47. The van der Waals surface area contributed by atoms with E-state index in [1.165, 1.54) is 17.7 Å². The van der Waals surface area contributed by atoms with Crippen LogP contribution in [-0.2, 0) is 6.42 Å². The summed E-state index contributed by atoms with van der Waals surface area (Å²) >= 11 is 0. The Labute approximate surface area is 186 Å². The van der Waals surface area contributed by atoms with Crippen molar-refractivity contribution in [1.82, 2.24) is 4.57 Å². The number of aromatic nitrogens is 1. The maximum absolute atomic E-state index is 13.3. The number of carbonyl (C=O) groups is 1. The molecule has 0 spiro atoms. The van der Waals surface area contributed by atoms with Gasteiger partial charge in [0.1, 0.15) is 5.82 Å². The Morgan fingerprint density at radius 1 is 0.812 bits per heavy atom. The molecule has 0 saturated carbocycles. The van der Waals surface area contributed by atoms with E-state index < -0.39 is 5.76 Å². The molecule has 0 aliphatic carbocycles. The van der Waals surface area contributed by atoms with E-state index >= 15 is 0 Å². The zero-order chi connectivity index (χ0) is 22.3. The van der Waals surface area contributed by atoms with Gasteiger partial charge in [-0.15, -0.1) is 0 Å². The van der Waals surface area contributed by atoms with E-state index in [0.717, 1.165) is 48.7 Å². The van der Waals surface area contributed by atoms with Gasteiger partial charge in [-0.05, 0) is 48.6 Å². The molecule has 1 aromatic heterocycles. The van der Waals surface area contributed by atoms with Crippen LogP contribution in [0.2, 0.25) is 0 Å². The summed E-state index contributed by atoms with van der Waals surface area (Å²) in [6.45, 7) is 0. The molecule has 4 aromatic rings. The van der Waals surface area contributed by atoms with E-state index in [2.05, 4.69) is 24.3 Å². The van der Waals surface area contributed by atoms with Crippen LogP contribution in [0.15, 0.2) is 82.0 Å². The number of halogens is 1. The largest absolute Gasteiger partial charge is 0.426 e. The quantitative estimate of drug-likeness (QED) is 0.280. The standard InChI is InChI=1S/C27H26FNO3/c28-22-18-16-21(17-19-22)23-13-9-14-24-26(23)32-27(31)29(24)25(30)15-8-3-1-2-5-10-20-11-6-4-7-12-20/h4,6-7,9,11-14,16-19H,1-3,5,8,10,15H2. The first-order chi connectivity index (χ1) is 15.6. The summed E-state index contributed by atoms with van der Waals surface area (Å²) in [5.41, 5.74) is 3.53. The second kappa shape index (κ2) is 10.2. The molecule has 32 heavy (non-hydrogen) atoms. The van der Waals surface area contributed by atoms with E-state index in [0.29, 0.717) is 23.1 Å². The van der Waals surface area contributed by atoms with Crippen LogP contribution < -0.4 is 5.76 Å². The van der Waals surface area contributed by atoms with Crippen molar-refractivity contribution >= 4 is 17.0 Å². The van der Waals surface area contributed by atoms with E-state index in [1.807, 2.05) is 6.07 Å². The number of oxazole rings is 1. The lowest BCUT2D eigenvalue weighted by atomic mass is 10.0. The SMILES string of the molecule is O=C(CCCCCCCc1ccccc1)n1c(=O)oc2c(-c3ccc(F)cc3)cccc21. The van der Waals surface area contributed by atoms with Crippen LogP contribution in [0.5, 0.6) is 0 Å². The molecule has 0 unspecified atom stereocenters. The van der Waals surface area contributed by atoms with Gasteiger partial charge in [0.15, 0.2) is 5.58 Å². The number of para-hydroxylation sites is 1. The number of aryl methyl sites for hydroxylation is 1. The Kier molecular flexibility index (Phi) is 6.95. The van der Waals surface area contributed by atoms with Gasteiger partial charge in [0.2, 0.25) is 5.91 Å². The molecule has 0 bridgehead atoms. The van der Waals surface area contributed by atoms with Crippen LogP contribution in [0.25, 0.3) is 22.2 Å². The molecule has 0 atom stereocenters. The lowest BCUT2D eigenvalue weighted by Crippen LogP contribution is -2.22. The minimum absolute atomic E-state index is 0.255. The molecule has 0 saturated heterocycles. The molecule has 0 N–H and O–H groups in total. The highest BCUT2D eigenvalue weighted by Crippen LogP contribution is 2.28. The Balaban J connectivity index is 1.34. The first-order valence-electron chi connectivity index (χ1n) is 11.1. The van der Waals surface area contributed by atoms with E-state index in [1.54, 1.807) is 30.3 Å². The summed E-state index contributed by atoms with van der Waals surface area (Å²) in [6, 6.07) is 21.7. The van der Waals surface area contributed by atoms with E-state index in [4.69, 9.17) is 4.42 Å². The van der Waals surface area contributed by atoms with Gasteiger partial charge in [0, 0.05) is 12.0 Å². The van der Waals surface area contributed by atoms with Crippen molar-refractivity contribution in [2.75, 3.05) is 0 Å². The highest BCUT2D eigenvalue weighted by molar-refractivity contribution is 5.96. The van der Waals surface area contributed by atoms with Gasteiger partial charge in [-0.3, -0.25) is 4.79 Å². The summed E-state index contributed by atoms with van der Waals surface area (Å²) in [7, 11) is 0. The average Bonchev–Trinajstić information content (AvgIpc) is 3.15. The molecule has 5 heteroatoms. The van der Waals surface area contributed by atoms with Crippen molar-refractivity contribution in [2.45, 2.75) is 44.9 Å². The highest BCUT2D eigenvalue weighted by Gasteiger charge is 2.18. The van der Waals surface area contributed by atoms with Crippen molar-refractivity contribution in [1.29, 1.82) is 0 Å². The molecule has 4 rings (SSSR count). The fourth-order valence-electron chi connectivity index (χ4n) is 4.02. The van der Waals surface area contributed by atoms with Crippen LogP contribution in [0, 0.1) is 5.82 Å². The molecule has 4 nitrogen and oxygen atoms in total. The van der Waals surface area contributed by atoms with Crippen molar-refractivity contribution in [3.8, 4) is 11.1 Å². The summed E-state index contributed by atoms with van der Waals surface area (Å²) < 4.78 is 19.8. The smallest absolute Gasteiger partial charge is 0.407 e. The maximum Gasteiger partial charge on any atom is 0.426 e. The fourth-order valence-corrected chi connectivity index (χ4v) is 4.02. The molecule has 0 aliphatic heterocycles. The van der Waals surface area contributed by atoms with Crippen LogP contribution in [0.1, 0.15) is 48.9 Å². The predicted molar refractivity (Wildman–Crippen MR) is 124 cm³/mol. The van der Waals surface area contributed by atoms with E-state index in [-0.39, 0.29) is 11.7 Å². The van der Waals surface area contributed by atoms with Crippen LogP contribution >= 0.6 is 0 Å². The zero-order valence-electron chi connectivity index (χ0n) is 17.9. The van der Waals surface area contributed by atoms with Gasteiger partial charge in [-0.1, -0.05) is 73.9 Å². The zero-order valence-corrected chi connectivity index (χ0v) is 17.9. The highest BCUT2D eigenvalue weighted by atomic mass is 19.1. The summed E-state index contributed by atoms with van der Waals surface area (Å²) in [5, 5.41) is 0. The lowest BCUT2D eigenvalue weighted by molar-refractivity contribution is 0.0895. The van der Waals surface area contributed by atoms with Crippen molar-refractivity contribution < 1.29 is 13.6 Å². The lowest BCUT2D eigenvalue weighted by Gasteiger charge is -2.04. The minimum Gasteiger partial charge on any atom is -0.407 e. The second-order valence-electron chi connectivity index (χ2n) is 8.01. The Bertz CT molecular complexity index is 1240. The topological polar surface area (TPSA) is 52.2 Å². The Morgan fingerprint density at radius 2 is 1.53 bits per heavy atom. The first-order valence-corrected chi connectivity index (χ1v) is 11.1. The number of carbonyl (C=O) groups excluding carboxylic acids is 1. The third-order valence-corrected chi connectivity index (χ3v) is 5.71. The fraction of sp³-hybridized carbons (Fsp3) is 0.259. The molecule has 0 fully saturated rings. The average molecular weight is 432 g/mol. The number of hydrogen-bond donors (Lipinski definition) is 0. The van der Waals surface area contributed by atoms with E-state index in [9.17, 15) is 14.0 Å². The van der Waals surface area contributed by atoms with Crippen molar-refractivity contribution in [3.63, 3.8) is 0 Å². The molecule has 0 radical (unpaired) electrons. The number of nitrogens with zero attached hydrogens (tertiary/aromatic N) is 1. The van der Waals surface area contributed by atoms with Crippen LogP contribution in [-0.4, -0.2) is 10.5 Å². The van der Waals surface area contributed by atoms with Gasteiger partial charge < -0.3 is 4.42 Å². The van der Waals surface area contributed by atoms with Gasteiger partial charge in [-0.2, -0.15) is 0 Å². The third-order valence-electron chi connectivity index (χ3n) is 5.71. The molecular weight excluding hydrogens is 405 g/mol. The molecule has 164 valence electrons. The number of fused-ring (bicyclic) bond motifs is 1. The molecular formula is C27H26FNO3. The maximum atomic E-state index is 13.3. The van der Waals surface area contributed by atoms with Gasteiger partial charge >= 0.3 is 5.76 Å². The summed E-state index contributed by atoms with van der Waals surface area (Å²) in [6.07, 6.45) is 6.39. The number of unbranched alkanes of at least 4 members (excludes halogenated alkanes) is 4.